The Labute approximate surface area is 159 Å². The van der Waals surface area contributed by atoms with Gasteiger partial charge in [-0.1, -0.05) is 0 Å². The van der Waals surface area contributed by atoms with Crippen molar-refractivity contribution in [1.82, 2.24) is 14.7 Å². The minimum absolute atomic E-state index is 0.0345. The molecule has 7 heteroatoms. The van der Waals surface area contributed by atoms with E-state index < -0.39 is 0 Å². The molecule has 2 aliphatic heterocycles. The third-order valence-electron chi connectivity index (χ3n) is 5.83. The zero-order valence-electron chi connectivity index (χ0n) is 16.0. The van der Waals surface area contributed by atoms with E-state index in [-0.39, 0.29) is 17.4 Å². The number of nitrogens with zero attached hydrogens (tertiary/aromatic N) is 3. The van der Waals surface area contributed by atoms with Crippen LogP contribution in [0.15, 0.2) is 16.5 Å². The third-order valence-corrected chi connectivity index (χ3v) is 6.41. The third kappa shape index (κ3) is 3.78. The zero-order valence-corrected chi connectivity index (χ0v) is 16.8. The predicted octanol–water partition coefficient (Wildman–Crippen LogP) is 2.30. The van der Waals surface area contributed by atoms with E-state index in [9.17, 15) is 9.59 Å². The van der Waals surface area contributed by atoms with Crippen LogP contribution in [0.2, 0.25) is 0 Å². The van der Waals surface area contributed by atoms with Crippen LogP contribution in [-0.4, -0.2) is 78.1 Å². The Morgan fingerprint density at radius 3 is 2.81 bits per heavy atom. The van der Waals surface area contributed by atoms with Gasteiger partial charge in [-0.05, 0) is 45.2 Å². The van der Waals surface area contributed by atoms with Gasteiger partial charge in [-0.15, -0.1) is 0 Å². The van der Waals surface area contributed by atoms with E-state index in [1.54, 1.807) is 17.8 Å². The molecule has 2 fully saturated rings. The molecule has 0 aromatic carbocycles. The SMILES string of the molecule is CCN1CC[C@]2(CCC1=O)CN(C(=O)c1ccc(CSC)o1)CCN2C. The van der Waals surface area contributed by atoms with E-state index in [1.165, 1.54) is 0 Å². The molecule has 144 valence electrons. The fourth-order valence-electron chi connectivity index (χ4n) is 4.07. The molecule has 2 saturated heterocycles. The van der Waals surface area contributed by atoms with Crippen LogP contribution < -0.4 is 0 Å². The van der Waals surface area contributed by atoms with Crippen LogP contribution in [0.5, 0.6) is 0 Å². The van der Waals surface area contributed by atoms with Gasteiger partial charge < -0.3 is 14.2 Å². The van der Waals surface area contributed by atoms with Gasteiger partial charge >= 0.3 is 0 Å². The van der Waals surface area contributed by atoms with Gasteiger partial charge in [0.1, 0.15) is 5.76 Å². The number of piperazine rings is 1. The van der Waals surface area contributed by atoms with Gasteiger partial charge in [0.2, 0.25) is 5.91 Å². The van der Waals surface area contributed by atoms with Gasteiger partial charge in [0.15, 0.2) is 5.76 Å². The minimum atomic E-state index is -0.123. The molecule has 0 unspecified atom stereocenters. The Balaban J connectivity index is 1.74. The molecule has 2 amide bonds. The molecule has 1 aromatic rings. The van der Waals surface area contributed by atoms with Crippen molar-refractivity contribution in [3.63, 3.8) is 0 Å². The maximum Gasteiger partial charge on any atom is 0.289 e. The number of amides is 2. The standard InChI is InChI=1S/C19H29N3O3S/c1-4-21-10-9-19(8-7-17(21)23)14-22(12-11-20(19)2)18(24)16-6-5-15(25-16)13-26-3/h5-6H,4,7-14H2,1-3H3/t19-/m1/s1. The monoisotopic (exact) mass is 379 g/mol. The molecule has 1 spiro atoms. The van der Waals surface area contributed by atoms with Crippen molar-refractivity contribution in [2.45, 2.75) is 37.5 Å². The van der Waals surface area contributed by atoms with Crippen molar-refractivity contribution in [2.75, 3.05) is 46.0 Å². The van der Waals surface area contributed by atoms with E-state index in [2.05, 4.69) is 11.9 Å². The summed E-state index contributed by atoms with van der Waals surface area (Å²) >= 11 is 1.68. The number of rotatable bonds is 4. The highest BCUT2D eigenvalue weighted by molar-refractivity contribution is 7.97. The normalized spacial score (nSPS) is 25.0. The van der Waals surface area contributed by atoms with E-state index in [1.807, 2.05) is 29.0 Å². The summed E-state index contributed by atoms with van der Waals surface area (Å²) in [6.07, 6.45) is 4.28. The molecule has 1 atom stereocenters. The molecular formula is C19H29N3O3S. The first kappa shape index (κ1) is 19.3. The number of thioether (sulfide) groups is 1. The van der Waals surface area contributed by atoms with Crippen molar-refractivity contribution >= 4 is 23.6 Å². The summed E-state index contributed by atoms with van der Waals surface area (Å²) in [6.45, 7) is 5.73. The van der Waals surface area contributed by atoms with Crippen molar-refractivity contribution in [2.24, 2.45) is 0 Å². The molecule has 0 radical (unpaired) electrons. The van der Waals surface area contributed by atoms with Gasteiger partial charge in [-0.3, -0.25) is 14.5 Å². The molecule has 6 nitrogen and oxygen atoms in total. The average molecular weight is 380 g/mol. The van der Waals surface area contributed by atoms with Crippen molar-refractivity contribution in [3.8, 4) is 0 Å². The maximum atomic E-state index is 13.0. The van der Waals surface area contributed by atoms with Crippen LogP contribution in [0.1, 0.15) is 42.5 Å². The number of hydrogen-bond acceptors (Lipinski definition) is 5. The molecule has 3 heterocycles. The van der Waals surface area contributed by atoms with Crippen LogP contribution in [0, 0.1) is 0 Å². The molecular weight excluding hydrogens is 350 g/mol. The van der Waals surface area contributed by atoms with Gasteiger partial charge in [0.05, 0.1) is 5.75 Å². The summed E-state index contributed by atoms with van der Waals surface area (Å²) in [5.41, 5.74) is -0.123. The summed E-state index contributed by atoms with van der Waals surface area (Å²) < 4.78 is 5.73. The van der Waals surface area contributed by atoms with Gasteiger partial charge in [-0.25, -0.2) is 0 Å². The molecule has 0 bridgehead atoms. The largest absolute Gasteiger partial charge is 0.455 e. The highest BCUT2D eigenvalue weighted by Crippen LogP contribution is 2.32. The second kappa shape index (κ2) is 8.05. The van der Waals surface area contributed by atoms with Gasteiger partial charge in [0.25, 0.3) is 5.91 Å². The lowest BCUT2D eigenvalue weighted by Crippen LogP contribution is -2.62. The number of furan rings is 1. The van der Waals surface area contributed by atoms with Crippen LogP contribution in [-0.2, 0) is 10.5 Å². The second-order valence-electron chi connectivity index (χ2n) is 7.29. The molecule has 0 N–H and O–H groups in total. The lowest BCUT2D eigenvalue weighted by molar-refractivity contribution is -0.130. The van der Waals surface area contributed by atoms with Gasteiger partial charge in [0, 0.05) is 44.7 Å². The molecule has 2 aliphatic rings. The first-order valence-electron chi connectivity index (χ1n) is 9.35. The number of likely N-dealkylation sites (tertiary alicyclic amines) is 1. The maximum absolute atomic E-state index is 13.0. The topological polar surface area (TPSA) is 57.0 Å². The lowest BCUT2D eigenvalue weighted by atomic mass is 9.86. The smallest absolute Gasteiger partial charge is 0.289 e. The van der Waals surface area contributed by atoms with Crippen LogP contribution >= 0.6 is 11.8 Å². The van der Waals surface area contributed by atoms with Crippen LogP contribution in [0.4, 0.5) is 0 Å². The highest BCUT2D eigenvalue weighted by atomic mass is 32.2. The summed E-state index contributed by atoms with van der Waals surface area (Å²) in [7, 11) is 2.12. The summed E-state index contributed by atoms with van der Waals surface area (Å²) in [6, 6.07) is 3.67. The second-order valence-corrected chi connectivity index (χ2v) is 8.16. The molecule has 0 saturated carbocycles. The Kier molecular flexibility index (Phi) is 5.97. The molecule has 1 aromatic heterocycles. The van der Waals surface area contributed by atoms with Crippen LogP contribution in [0.3, 0.4) is 0 Å². The quantitative estimate of drug-likeness (QED) is 0.803. The highest BCUT2D eigenvalue weighted by Gasteiger charge is 2.43. The van der Waals surface area contributed by atoms with Crippen molar-refractivity contribution in [1.29, 1.82) is 0 Å². The summed E-state index contributed by atoms with van der Waals surface area (Å²) in [4.78, 5) is 31.4. The molecule has 3 rings (SSSR count). The molecule has 0 aliphatic carbocycles. The fraction of sp³-hybridized carbons (Fsp3) is 0.684. The first-order chi connectivity index (χ1) is 12.5. The summed E-state index contributed by atoms with van der Waals surface area (Å²) in [5.74, 6) is 2.23. The zero-order chi connectivity index (χ0) is 18.7. The fourth-order valence-corrected chi connectivity index (χ4v) is 4.51. The van der Waals surface area contributed by atoms with E-state index >= 15 is 0 Å². The van der Waals surface area contributed by atoms with E-state index in [0.29, 0.717) is 25.3 Å². The minimum Gasteiger partial charge on any atom is -0.455 e. The Morgan fingerprint density at radius 1 is 1.27 bits per heavy atom. The number of likely N-dealkylation sites (N-methyl/N-ethyl adjacent to an activating group) is 1. The Morgan fingerprint density at radius 2 is 2.08 bits per heavy atom. The summed E-state index contributed by atoms with van der Waals surface area (Å²) in [5, 5.41) is 0. The molecule has 26 heavy (non-hydrogen) atoms. The average Bonchev–Trinajstić information content (AvgIpc) is 3.04. The Bertz CT molecular complexity index is 662. The first-order valence-corrected chi connectivity index (χ1v) is 10.7. The number of carbonyl (C=O) groups is 2. The number of carbonyl (C=O) groups excluding carboxylic acids is 2. The number of hydrogen-bond donors (Lipinski definition) is 0. The van der Waals surface area contributed by atoms with E-state index in [0.717, 1.165) is 44.0 Å². The van der Waals surface area contributed by atoms with Crippen LogP contribution in [0.25, 0.3) is 0 Å². The Hall–Kier alpha value is -1.47. The van der Waals surface area contributed by atoms with Crippen molar-refractivity contribution < 1.29 is 14.0 Å². The van der Waals surface area contributed by atoms with Gasteiger partial charge in [-0.2, -0.15) is 11.8 Å². The van der Waals surface area contributed by atoms with E-state index in [4.69, 9.17) is 4.42 Å². The predicted molar refractivity (Wildman–Crippen MR) is 103 cm³/mol. The van der Waals surface area contributed by atoms with Crippen molar-refractivity contribution in [3.05, 3.63) is 23.7 Å². The lowest BCUT2D eigenvalue weighted by Gasteiger charge is -2.49.